The van der Waals surface area contributed by atoms with Gasteiger partial charge in [0.15, 0.2) is 0 Å². The third kappa shape index (κ3) is 11.3. The minimum Gasteiger partial charge on any atom is -0.474 e. The van der Waals surface area contributed by atoms with Crippen LogP contribution in [-0.2, 0) is 31.9 Å². The molecule has 9 heteroatoms. The summed E-state index contributed by atoms with van der Waals surface area (Å²) in [6.07, 6.45) is 12.7. The van der Waals surface area contributed by atoms with Gasteiger partial charge in [-0.1, -0.05) is 81.0 Å². The first-order valence-electron chi connectivity index (χ1n) is 16.6. The molecule has 4 rings (SSSR count). The van der Waals surface area contributed by atoms with Crippen molar-refractivity contribution >= 4 is 26.1 Å². The van der Waals surface area contributed by atoms with Crippen LogP contribution >= 0.6 is 8.15 Å². The summed E-state index contributed by atoms with van der Waals surface area (Å²) in [4.78, 5) is 39.0. The molecule has 2 atom stereocenters. The molecule has 0 aromatic heterocycles. The number of methoxy groups -OCH3 is 1. The summed E-state index contributed by atoms with van der Waals surface area (Å²) >= 11 is 0. The molecule has 2 saturated carbocycles. The van der Waals surface area contributed by atoms with Crippen molar-refractivity contribution < 1.29 is 28.4 Å². The fourth-order valence-electron chi connectivity index (χ4n) is 6.28. The largest absolute Gasteiger partial charge is 0.474 e. The summed E-state index contributed by atoms with van der Waals surface area (Å²) in [6, 6.07) is 15.4. The lowest BCUT2D eigenvalue weighted by molar-refractivity contribution is -0.145. The van der Waals surface area contributed by atoms with Crippen molar-refractivity contribution in [3.8, 4) is 5.75 Å². The standard InChI is InChI=1S/C36H51N2O6P/c1-36(2,3)43-35(41)38-31(24-26-14-8-5-9-15-26)33(39)37-32(34(40)42-4)25-27-20-22-28(23-21-27)44-45(29-16-10-6-11-17-29)30-18-12-7-13-19-30/h5,8-9,14-15,20-23,29-32H,6-7,10-13,16-19,24-25H2,1-4H3,(H,37,39)(H,38,41)/t31-,32-/m0/s1. The van der Waals surface area contributed by atoms with Crippen molar-refractivity contribution in [2.24, 2.45) is 0 Å². The molecule has 0 heterocycles. The van der Waals surface area contributed by atoms with Crippen LogP contribution in [0.2, 0.25) is 0 Å². The molecule has 2 aromatic rings. The molecule has 2 aliphatic rings. The van der Waals surface area contributed by atoms with Gasteiger partial charge in [0.2, 0.25) is 5.91 Å². The summed E-state index contributed by atoms with van der Waals surface area (Å²) in [5.74, 6) is -0.174. The second-order valence-corrected chi connectivity index (χ2v) is 15.7. The summed E-state index contributed by atoms with van der Waals surface area (Å²) < 4.78 is 17.3. The zero-order valence-electron chi connectivity index (χ0n) is 27.4. The Morgan fingerprint density at radius 3 is 1.82 bits per heavy atom. The van der Waals surface area contributed by atoms with Crippen molar-refractivity contribution in [3.63, 3.8) is 0 Å². The normalized spacial score (nSPS) is 17.6. The summed E-state index contributed by atoms with van der Waals surface area (Å²) in [7, 11) is 0.758. The molecule has 2 N–H and O–H groups in total. The van der Waals surface area contributed by atoms with E-state index >= 15 is 0 Å². The molecule has 0 saturated heterocycles. The first-order valence-corrected chi connectivity index (χ1v) is 18.0. The molecule has 246 valence electrons. The quantitative estimate of drug-likeness (QED) is 0.185. The minimum absolute atomic E-state index is 0.233. The van der Waals surface area contributed by atoms with Crippen molar-refractivity contribution in [1.29, 1.82) is 0 Å². The van der Waals surface area contributed by atoms with Crippen molar-refractivity contribution in [3.05, 3.63) is 65.7 Å². The van der Waals surface area contributed by atoms with E-state index in [0.717, 1.165) is 16.9 Å². The van der Waals surface area contributed by atoms with Crippen molar-refractivity contribution in [2.45, 2.75) is 127 Å². The highest BCUT2D eigenvalue weighted by Gasteiger charge is 2.34. The fraction of sp³-hybridized carbons (Fsp3) is 0.583. The van der Waals surface area contributed by atoms with Crippen LogP contribution in [0.15, 0.2) is 54.6 Å². The lowest BCUT2D eigenvalue weighted by atomic mass is 10.00. The van der Waals surface area contributed by atoms with Gasteiger partial charge in [-0.25, -0.2) is 9.59 Å². The first-order chi connectivity index (χ1) is 21.6. The highest BCUT2D eigenvalue weighted by molar-refractivity contribution is 7.54. The second-order valence-electron chi connectivity index (χ2n) is 13.4. The summed E-state index contributed by atoms with van der Waals surface area (Å²) in [5.41, 5.74) is 2.36. The monoisotopic (exact) mass is 638 g/mol. The lowest BCUT2D eigenvalue weighted by Gasteiger charge is -2.37. The number of amides is 2. The van der Waals surface area contributed by atoms with E-state index in [9.17, 15) is 14.4 Å². The van der Waals surface area contributed by atoms with E-state index in [2.05, 4.69) is 10.6 Å². The van der Waals surface area contributed by atoms with Crippen LogP contribution in [0, 0.1) is 0 Å². The predicted molar refractivity (Wildman–Crippen MR) is 179 cm³/mol. The average molecular weight is 639 g/mol. The molecule has 0 aliphatic heterocycles. The zero-order valence-corrected chi connectivity index (χ0v) is 28.3. The maximum absolute atomic E-state index is 13.5. The third-order valence-corrected chi connectivity index (χ3v) is 11.4. The van der Waals surface area contributed by atoms with Gasteiger partial charge in [0.25, 0.3) is 0 Å². The summed E-state index contributed by atoms with van der Waals surface area (Å²) in [5, 5.41) is 5.51. The third-order valence-electron chi connectivity index (χ3n) is 8.54. The Hall–Kier alpha value is -3.12. The van der Waals surface area contributed by atoms with Gasteiger partial charge in [0.05, 0.1) is 15.3 Å². The molecule has 2 fully saturated rings. The molecular weight excluding hydrogens is 587 g/mol. The highest BCUT2D eigenvalue weighted by Crippen LogP contribution is 2.56. The van der Waals surface area contributed by atoms with Gasteiger partial charge in [-0.2, -0.15) is 0 Å². The predicted octanol–water partition coefficient (Wildman–Crippen LogP) is 7.46. The number of rotatable bonds is 12. The van der Waals surface area contributed by atoms with Gasteiger partial charge in [0.1, 0.15) is 23.4 Å². The van der Waals surface area contributed by atoms with E-state index in [-0.39, 0.29) is 12.8 Å². The van der Waals surface area contributed by atoms with Crippen LogP contribution in [-0.4, -0.2) is 54.1 Å². The number of hydrogen-bond acceptors (Lipinski definition) is 6. The Labute approximate surface area is 270 Å². The van der Waals surface area contributed by atoms with Gasteiger partial charge in [0, 0.05) is 24.2 Å². The van der Waals surface area contributed by atoms with Crippen LogP contribution in [0.3, 0.4) is 0 Å². The van der Waals surface area contributed by atoms with E-state index in [1.807, 2.05) is 54.6 Å². The number of carbonyl (C=O) groups is 3. The van der Waals surface area contributed by atoms with Gasteiger partial charge >= 0.3 is 12.1 Å². The molecular formula is C36H51N2O6P. The Kier molecular flexibility index (Phi) is 13.1. The Balaban J connectivity index is 1.44. The Morgan fingerprint density at radius 2 is 1.29 bits per heavy atom. The molecule has 2 amide bonds. The van der Waals surface area contributed by atoms with E-state index in [1.54, 1.807) is 20.8 Å². The number of esters is 1. The maximum Gasteiger partial charge on any atom is 0.408 e. The smallest absolute Gasteiger partial charge is 0.408 e. The molecule has 0 spiro atoms. The van der Waals surface area contributed by atoms with Gasteiger partial charge in [-0.15, -0.1) is 0 Å². The van der Waals surface area contributed by atoms with Gasteiger partial charge < -0.3 is 24.6 Å². The van der Waals surface area contributed by atoms with Crippen molar-refractivity contribution in [1.82, 2.24) is 10.6 Å². The molecule has 0 bridgehead atoms. The average Bonchev–Trinajstić information content (AvgIpc) is 3.03. The highest BCUT2D eigenvalue weighted by atomic mass is 31.1. The Morgan fingerprint density at radius 1 is 0.756 bits per heavy atom. The van der Waals surface area contributed by atoms with Gasteiger partial charge in [-0.3, -0.25) is 4.79 Å². The maximum atomic E-state index is 13.5. The first kappa shape index (κ1) is 34.7. The topological polar surface area (TPSA) is 103 Å². The van der Waals surface area contributed by atoms with Crippen molar-refractivity contribution in [2.75, 3.05) is 7.11 Å². The molecule has 0 radical (unpaired) electrons. The SMILES string of the molecule is COC(=O)[C@H](Cc1ccc(OP(C2CCCCC2)C2CCCCC2)cc1)NC(=O)[C@H](Cc1ccccc1)NC(=O)OC(C)(C)C. The van der Waals surface area contributed by atoms with Crippen LogP contribution in [0.25, 0.3) is 0 Å². The minimum atomic E-state index is -0.955. The number of ether oxygens (including phenoxy) is 2. The van der Waals surface area contributed by atoms with Crippen LogP contribution < -0.4 is 15.2 Å². The van der Waals surface area contributed by atoms with Crippen LogP contribution in [0.1, 0.15) is 96.1 Å². The number of benzene rings is 2. The molecule has 2 aromatic carbocycles. The van der Waals surface area contributed by atoms with Crippen LogP contribution in [0.5, 0.6) is 5.75 Å². The van der Waals surface area contributed by atoms with Crippen LogP contribution in [0.4, 0.5) is 4.79 Å². The number of nitrogens with one attached hydrogen (secondary N) is 2. The van der Waals surface area contributed by atoms with Gasteiger partial charge in [-0.05, 0) is 69.7 Å². The fourth-order valence-corrected chi connectivity index (χ4v) is 9.29. The Bertz CT molecular complexity index is 1200. The number of hydrogen-bond donors (Lipinski definition) is 2. The van der Waals surface area contributed by atoms with E-state index in [0.29, 0.717) is 11.3 Å². The van der Waals surface area contributed by atoms with E-state index in [1.165, 1.54) is 71.3 Å². The number of alkyl carbamates (subject to hydrolysis) is 1. The summed E-state index contributed by atoms with van der Waals surface area (Å²) in [6.45, 7) is 5.28. The van der Waals surface area contributed by atoms with E-state index in [4.69, 9.17) is 14.0 Å². The zero-order chi connectivity index (χ0) is 32.2. The molecule has 8 nitrogen and oxygen atoms in total. The lowest BCUT2D eigenvalue weighted by Crippen LogP contribution is -2.53. The molecule has 0 unspecified atom stereocenters. The molecule has 45 heavy (non-hydrogen) atoms. The van der Waals surface area contributed by atoms with E-state index < -0.39 is 43.8 Å². The number of carbonyl (C=O) groups excluding carboxylic acids is 3. The molecule has 2 aliphatic carbocycles. The second kappa shape index (κ2) is 17.0.